The van der Waals surface area contributed by atoms with Crippen molar-refractivity contribution in [2.45, 2.75) is 69.5 Å². The molecule has 0 bridgehead atoms. The van der Waals surface area contributed by atoms with Gasteiger partial charge in [0.05, 0.1) is 25.9 Å². The van der Waals surface area contributed by atoms with E-state index in [-0.39, 0.29) is 17.9 Å². The van der Waals surface area contributed by atoms with Gasteiger partial charge < -0.3 is 19.9 Å². The van der Waals surface area contributed by atoms with Crippen LogP contribution < -0.4 is 5.73 Å². The number of hydrogen-bond acceptors (Lipinski definition) is 5. The number of nitrogens with zero attached hydrogens (tertiary/aromatic N) is 1. The summed E-state index contributed by atoms with van der Waals surface area (Å²) in [5.74, 6) is -0.361. The molecule has 4 atom stereocenters. The van der Waals surface area contributed by atoms with Crippen LogP contribution in [-0.4, -0.2) is 61.3 Å². The zero-order valence-corrected chi connectivity index (χ0v) is 12.7. The van der Waals surface area contributed by atoms with E-state index in [2.05, 4.69) is 18.7 Å². The fourth-order valence-electron chi connectivity index (χ4n) is 3.90. The Morgan fingerprint density at radius 2 is 2.05 bits per heavy atom. The minimum Gasteiger partial charge on any atom is -0.376 e. The second-order valence-electron chi connectivity index (χ2n) is 6.48. The molecule has 3 aliphatic rings. The van der Waals surface area contributed by atoms with Gasteiger partial charge in [-0.15, -0.1) is 0 Å². The van der Waals surface area contributed by atoms with E-state index in [0.29, 0.717) is 12.1 Å². The molecular formula is C15H28N2O3. The van der Waals surface area contributed by atoms with E-state index in [1.54, 1.807) is 0 Å². The van der Waals surface area contributed by atoms with Gasteiger partial charge in [-0.2, -0.15) is 0 Å². The number of hydrogen-bond donors (Lipinski definition) is 1. The van der Waals surface area contributed by atoms with Crippen molar-refractivity contribution in [1.82, 2.24) is 4.90 Å². The summed E-state index contributed by atoms with van der Waals surface area (Å²) < 4.78 is 17.6. The predicted octanol–water partition coefficient (Wildman–Crippen LogP) is 1.11. The second kappa shape index (κ2) is 5.89. The van der Waals surface area contributed by atoms with Crippen molar-refractivity contribution < 1.29 is 14.2 Å². The molecule has 5 nitrogen and oxygen atoms in total. The Morgan fingerprint density at radius 1 is 1.30 bits per heavy atom. The van der Waals surface area contributed by atoms with Gasteiger partial charge in [-0.25, -0.2) is 0 Å². The van der Waals surface area contributed by atoms with Gasteiger partial charge in [0.15, 0.2) is 5.79 Å². The van der Waals surface area contributed by atoms with Crippen LogP contribution in [0.3, 0.4) is 0 Å². The Bertz CT molecular complexity index is 333. The molecule has 1 spiro atoms. The van der Waals surface area contributed by atoms with Gasteiger partial charge in [0.2, 0.25) is 0 Å². The molecule has 0 aromatic carbocycles. The van der Waals surface area contributed by atoms with Crippen LogP contribution in [0.15, 0.2) is 0 Å². The molecule has 2 aliphatic heterocycles. The Hall–Kier alpha value is -0.200. The molecule has 3 fully saturated rings. The largest absolute Gasteiger partial charge is 0.376 e. The van der Waals surface area contributed by atoms with Crippen molar-refractivity contribution in [3.05, 3.63) is 0 Å². The summed E-state index contributed by atoms with van der Waals surface area (Å²) in [4.78, 5) is 2.56. The van der Waals surface area contributed by atoms with Gasteiger partial charge in [-0.3, -0.25) is 4.90 Å². The third-order valence-corrected chi connectivity index (χ3v) is 5.09. The minimum atomic E-state index is -0.361. The van der Waals surface area contributed by atoms with E-state index in [9.17, 15) is 0 Å². The average Bonchev–Trinajstić information content (AvgIpc) is 2.90. The van der Waals surface area contributed by atoms with Gasteiger partial charge >= 0.3 is 0 Å². The SMILES string of the molecule is CCC1COC(C)CN1C1CC2(CCC1N)OCCO2. The van der Waals surface area contributed by atoms with Gasteiger partial charge in [-0.1, -0.05) is 6.92 Å². The van der Waals surface area contributed by atoms with Crippen LogP contribution >= 0.6 is 0 Å². The highest BCUT2D eigenvalue weighted by Crippen LogP contribution is 2.38. The van der Waals surface area contributed by atoms with Crippen LogP contribution in [0.4, 0.5) is 0 Å². The summed E-state index contributed by atoms with van der Waals surface area (Å²) in [7, 11) is 0. The first-order chi connectivity index (χ1) is 9.63. The third-order valence-electron chi connectivity index (χ3n) is 5.09. The number of nitrogens with two attached hydrogens (primary N) is 1. The predicted molar refractivity (Wildman–Crippen MR) is 76.4 cm³/mol. The molecule has 20 heavy (non-hydrogen) atoms. The van der Waals surface area contributed by atoms with Crippen LogP contribution in [0.1, 0.15) is 39.5 Å². The van der Waals surface area contributed by atoms with Gasteiger partial charge in [-0.05, 0) is 19.8 Å². The molecule has 1 saturated carbocycles. The maximum Gasteiger partial charge on any atom is 0.170 e. The topological polar surface area (TPSA) is 57.0 Å². The Labute approximate surface area is 121 Å². The molecule has 116 valence electrons. The molecular weight excluding hydrogens is 256 g/mol. The fourth-order valence-corrected chi connectivity index (χ4v) is 3.90. The van der Waals surface area contributed by atoms with E-state index in [0.717, 1.165) is 52.0 Å². The molecule has 0 aromatic rings. The van der Waals surface area contributed by atoms with Crippen LogP contribution in [0.2, 0.25) is 0 Å². The van der Waals surface area contributed by atoms with Gasteiger partial charge in [0.1, 0.15) is 0 Å². The summed E-state index contributed by atoms with van der Waals surface area (Å²) in [6, 6.07) is 1.03. The molecule has 2 heterocycles. The van der Waals surface area contributed by atoms with Crippen molar-refractivity contribution in [2.75, 3.05) is 26.4 Å². The van der Waals surface area contributed by atoms with E-state index in [4.69, 9.17) is 19.9 Å². The first-order valence-electron chi connectivity index (χ1n) is 8.04. The summed E-state index contributed by atoms with van der Waals surface area (Å²) >= 11 is 0. The number of rotatable bonds is 2. The lowest BCUT2D eigenvalue weighted by Crippen LogP contribution is -2.62. The normalized spacial score (nSPS) is 42.1. The maximum absolute atomic E-state index is 6.43. The molecule has 5 heteroatoms. The Morgan fingerprint density at radius 3 is 2.75 bits per heavy atom. The van der Waals surface area contributed by atoms with E-state index in [1.165, 1.54) is 0 Å². The van der Waals surface area contributed by atoms with Crippen LogP contribution in [0, 0.1) is 0 Å². The molecule has 3 rings (SSSR count). The Balaban J connectivity index is 1.75. The molecule has 2 N–H and O–H groups in total. The molecule has 1 aliphatic carbocycles. The van der Waals surface area contributed by atoms with Gasteiger partial charge in [0, 0.05) is 37.5 Å². The summed E-state index contributed by atoms with van der Waals surface area (Å²) in [5, 5.41) is 0. The molecule has 0 radical (unpaired) electrons. The van der Waals surface area contributed by atoms with Crippen molar-refractivity contribution in [3.63, 3.8) is 0 Å². The zero-order valence-electron chi connectivity index (χ0n) is 12.7. The lowest BCUT2D eigenvalue weighted by atomic mass is 9.84. The highest BCUT2D eigenvalue weighted by Gasteiger charge is 2.47. The van der Waals surface area contributed by atoms with E-state index < -0.39 is 0 Å². The van der Waals surface area contributed by atoms with Crippen LogP contribution in [0.25, 0.3) is 0 Å². The third kappa shape index (κ3) is 2.74. The van der Waals surface area contributed by atoms with Crippen molar-refractivity contribution in [2.24, 2.45) is 5.73 Å². The first-order valence-corrected chi connectivity index (χ1v) is 8.04. The lowest BCUT2D eigenvalue weighted by molar-refractivity contribution is -0.200. The van der Waals surface area contributed by atoms with E-state index in [1.807, 2.05) is 0 Å². The molecule has 0 amide bonds. The Kier molecular flexibility index (Phi) is 4.34. The minimum absolute atomic E-state index is 0.216. The number of ether oxygens (including phenoxy) is 3. The van der Waals surface area contributed by atoms with Crippen LogP contribution in [0.5, 0.6) is 0 Å². The maximum atomic E-state index is 6.43. The fraction of sp³-hybridized carbons (Fsp3) is 1.00. The van der Waals surface area contributed by atoms with Gasteiger partial charge in [0.25, 0.3) is 0 Å². The summed E-state index contributed by atoms with van der Waals surface area (Å²) in [5.41, 5.74) is 6.43. The lowest BCUT2D eigenvalue weighted by Gasteiger charge is -2.49. The van der Waals surface area contributed by atoms with Crippen molar-refractivity contribution in [1.29, 1.82) is 0 Å². The highest BCUT2D eigenvalue weighted by molar-refractivity contribution is 4.98. The monoisotopic (exact) mass is 284 g/mol. The van der Waals surface area contributed by atoms with Crippen molar-refractivity contribution in [3.8, 4) is 0 Å². The standard InChI is InChI=1S/C15H28N2O3/c1-3-12-10-18-11(2)9-17(12)14-8-15(5-4-13(14)16)19-6-7-20-15/h11-14H,3-10,16H2,1-2H3. The highest BCUT2D eigenvalue weighted by atomic mass is 16.7. The first kappa shape index (κ1) is 14.7. The zero-order chi connectivity index (χ0) is 14.2. The summed E-state index contributed by atoms with van der Waals surface area (Å²) in [6.45, 7) is 7.59. The number of morpholine rings is 1. The second-order valence-corrected chi connectivity index (χ2v) is 6.48. The smallest absolute Gasteiger partial charge is 0.170 e. The molecule has 4 unspecified atom stereocenters. The van der Waals surface area contributed by atoms with Crippen LogP contribution in [-0.2, 0) is 14.2 Å². The van der Waals surface area contributed by atoms with E-state index >= 15 is 0 Å². The van der Waals surface area contributed by atoms with Crippen molar-refractivity contribution >= 4 is 0 Å². The molecule has 0 aromatic heterocycles. The molecule has 2 saturated heterocycles. The summed E-state index contributed by atoms with van der Waals surface area (Å²) in [6.07, 6.45) is 4.20. The average molecular weight is 284 g/mol. The quantitative estimate of drug-likeness (QED) is 0.823.